The molecular weight excluding hydrogens is 259 g/mol. The molecule has 0 aliphatic rings. The minimum absolute atomic E-state index is 0.241. The first-order valence-electron chi connectivity index (χ1n) is 4.46. The summed E-state index contributed by atoms with van der Waals surface area (Å²) in [6, 6.07) is 6.66. The van der Waals surface area contributed by atoms with Crippen molar-refractivity contribution in [2.75, 3.05) is 0 Å². The molecule has 0 bridgehead atoms. The van der Waals surface area contributed by atoms with Crippen molar-refractivity contribution in [2.24, 2.45) is 0 Å². The third-order valence-corrected chi connectivity index (χ3v) is 2.76. The van der Waals surface area contributed by atoms with E-state index in [1.54, 1.807) is 6.07 Å². The molecule has 2 heterocycles. The van der Waals surface area contributed by atoms with Gasteiger partial charge in [-0.05, 0) is 39.5 Å². The molecule has 0 radical (unpaired) electrons. The predicted octanol–water partition coefficient (Wildman–Crippen LogP) is 3.39. The van der Waals surface area contributed by atoms with Gasteiger partial charge in [-0.3, -0.25) is 0 Å². The molecule has 0 aliphatic heterocycles. The molecule has 3 rings (SSSR count). The molecule has 0 fully saturated rings. The average Bonchev–Trinajstić information content (AvgIpc) is 2.58. The standard InChI is InChI=1S/C11H6BrFN2/c12-10-6-15-4-3-7-1-2-8(13)5-9(7)11(15)14-10/h1-6H. The maximum atomic E-state index is 13.1. The van der Waals surface area contributed by atoms with Gasteiger partial charge in [0, 0.05) is 17.8 Å². The van der Waals surface area contributed by atoms with E-state index >= 15 is 0 Å². The third kappa shape index (κ3) is 1.33. The van der Waals surface area contributed by atoms with E-state index in [0.717, 1.165) is 21.0 Å². The highest BCUT2D eigenvalue weighted by Gasteiger charge is 2.04. The summed E-state index contributed by atoms with van der Waals surface area (Å²) in [5, 5.41) is 1.81. The number of imidazole rings is 1. The molecule has 0 amide bonds. The molecule has 4 heteroatoms. The van der Waals surface area contributed by atoms with Crippen LogP contribution in [-0.2, 0) is 0 Å². The molecule has 74 valence electrons. The highest BCUT2D eigenvalue weighted by atomic mass is 79.9. The number of nitrogens with zero attached hydrogens (tertiary/aromatic N) is 2. The fourth-order valence-corrected chi connectivity index (χ4v) is 2.09. The van der Waals surface area contributed by atoms with Crippen LogP contribution in [0.2, 0.25) is 0 Å². The Hall–Kier alpha value is -1.42. The fourth-order valence-electron chi connectivity index (χ4n) is 1.70. The second-order valence-electron chi connectivity index (χ2n) is 3.34. The van der Waals surface area contributed by atoms with Crippen molar-refractivity contribution in [3.8, 4) is 0 Å². The number of pyridine rings is 1. The molecule has 3 aromatic rings. The molecule has 0 unspecified atom stereocenters. The minimum atomic E-state index is -0.241. The monoisotopic (exact) mass is 264 g/mol. The molecular formula is C11H6BrFN2. The van der Waals surface area contributed by atoms with Crippen LogP contribution in [-0.4, -0.2) is 9.38 Å². The van der Waals surface area contributed by atoms with Crippen LogP contribution in [0, 0.1) is 5.82 Å². The van der Waals surface area contributed by atoms with Gasteiger partial charge in [0.25, 0.3) is 0 Å². The molecule has 2 aromatic heterocycles. The first kappa shape index (κ1) is 8.85. The van der Waals surface area contributed by atoms with Crippen molar-refractivity contribution in [3.05, 3.63) is 47.1 Å². The topological polar surface area (TPSA) is 17.3 Å². The second kappa shape index (κ2) is 3.03. The summed E-state index contributed by atoms with van der Waals surface area (Å²) in [5.41, 5.74) is 0.763. The lowest BCUT2D eigenvalue weighted by Gasteiger charge is -1.99. The van der Waals surface area contributed by atoms with E-state index in [4.69, 9.17) is 0 Å². The Bertz CT molecular complexity index is 660. The van der Waals surface area contributed by atoms with Crippen LogP contribution in [0.15, 0.2) is 41.3 Å². The summed E-state index contributed by atoms with van der Waals surface area (Å²) in [4.78, 5) is 4.30. The SMILES string of the molecule is Fc1ccc2ccn3cc(Br)nc3c2c1. The summed E-state index contributed by atoms with van der Waals surface area (Å²) in [7, 11) is 0. The first-order valence-corrected chi connectivity index (χ1v) is 5.26. The summed E-state index contributed by atoms with van der Waals surface area (Å²) < 4.78 is 15.7. The van der Waals surface area contributed by atoms with Crippen LogP contribution in [0.25, 0.3) is 16.4 Å². The highest BCUT2D eigenvalue weighted by Crippen LogP contribution is 2.22. The minimum Gasteiger partial charge on any atom is -0.305 e. The normalized spacial score (nSPS) is 11.3. The number of rotatable bonds is 0. The zero-order chi connectivity index (χ0) is 10.4. The third-order valence-electron chi connectivity index (χ3n) is 2.37. The van der Waals surface area contributed by atoms with Gasteiger partial charge in [-0.1, -0.05) is 6.07 Å². The fraction of sp³-hybridized carbons (Fsp3) is 0. The van der Waals surface area contributed by atoms with Gasteiger partial charge in [-0.25, -0.2) is 9.37 Å². The average molecular weight is 265 g/mol. The van der Waals surface area contributed by atoms with E-state index in [-0.39, 0.29) is 5.82 Å². The molecule has 0 saturated heterocycles. The molecule has 0 spiro atoms. The number of halogens is 2. The lowest BCUT2D eigenvalue weighted by atomic mass is 10.2. The van der Waals surface area contributed by atoms with Crippen LogP contribution >= 0.6 is 15.9 Å². The summed E-state index contributed by atoms with van der Waals surface area (Å²) in [6.07, 6.45) is 3.76. The van der Waals surface area contributed by atoms with E-state index in [2.05, 4.69) is 20.9 Å². The van der Waals surface area contributed by atoms with Crippen LogP contribution in [0.1, 0.15) is 0 Å². The van der Waals surface area contributed by atoms with Gasteiger partial charge in [0.2, 0.25) is 0 Å². The van der Waals surface area contributed by atoms with E-state index in [9.17, 15) is 4.39 Å². The first-order chi connectivity index (χ1) is 7.24. The quantitative estimate of drug-likeness (QED) is 0.609. The van der Waals surface area contributed by atoms with E-state index in [0.29, 0.717) is 0 Å². The molecule has 0 saturated carbocycles. The molecule has 1 aromatic carbocycles. The van der Waals surface area contributed by atoms with Crippen molar-refractivity contribution in [2.45, 2.75) is 0 Å². The van der Waals surface area contributed by atoms with Crippen LogP contribution in [0.5, 0.6) is 0 Å². The summed E-state index contributed by atoms with van der Waals surface area (Å²) in [5.74, 6) is -0.241. The van der Waals surface area contributed by atoms with Gasteiger partial charge in [0.1, 0.15) is 16.1 Å². The van der Waals surface area contributed by atoms with Gasteiger partial charge in [-0.15, -0.1) is 0 Å². The highest BCUT2D eigenvalue weighted by molar-refractivity contribution is 9.10. The van der Waals surface area contributed by atoms with E-state index in [1.807, 2.05) is 22.9 Å². The molecule has 2 nitrogen and oxygen atoms in total. The largest absolute Gasteiger partial charge is 0.305 e. The lowest BCUT2D eigenvalue weighted by Crippen LogP contribution is -1.85. The van der Waals surface area contributed by atoms with Gasteiger partial charge in [-0.2, -0.15) is 0 Å². The van der Waals surface area contributed by atoms with Crippen molar-refractivity contribution < 1.29 is 4.39 Å². The van der Waals surface area contributed by atoms with Crippen LogP contribution in [0.4, 0.5) is 4.39 Å². The Morgan fingerprint density at radius 3 is 3.00 bits per heavy atom. The number of aromatic nitrogens is 2. The maximum Gasteiger partial charge on any atom is 0.146 e. The molecule has 15 heavy (non-hydrogen) atoms. The Morgan fingerprint density at radius 2 is 2.13 bits per heavy atom. The van der Waals surface area contributed by atoms with Crippen molar-refractivity contribution in [1.29, 1.82) is 0 Å². The zero-order valence-corrected chi connectivity index (χ0v) is 9.20. The molecule has 0 N–H and O–H groups in total. The van der Waals surface area contributed by atoms with Crippen molar-refractivity contribution in [1.82, 2.24) is 9.38 Å². The van der Waals surface area contributed by atoms with Crippen molar-refractivity contribution in [3.63, 3.8) is 0 Å². The second-order valence-corrected chi connectivity index (χ2v) is 4.15. The van der Waals surface area contributed by atoms with Gasteiger partial charge in [0.05, 0.1) is 0 Å². The zero-order valence-electron chi connectivity index (χ0n) is 7.61. The predicted molar refractivity (Wildman–Crippen MR) is 60.4 cm³/mol. The van der Waals surface area contributed by atoms with Crippen LogP contribution < -0.4 is 0 Å². The van der Waals surface area contributed by atoms with E-state index < -0.39 is 0 Å². The number of hydrogen-bond donors (Lipinski definition) is 0. The Labute approximate surface area is 93.5 Å². The lowest BCUT2D eigenvalue weighted by molar-refractivity contribution is 0.630. The summed E-state index contributed by atoms with van der Waals surface area (Å²) in [6.45, 7) is 0. The Kier molecular flexibility index (Phi) is 1.79. The number of benzene rings is 1. The number of hydrogen-bond acceptors (Lipinski definition) is 1. The maximum absolute atomic E-state index is 13.1. The van der Waals surface area contributed by atoms with Gasteiger partial charge >= 0.3 is 0 Å². The van der Waals surface area contributed by atoms with E-state index in [1.165, 1.54) is 12.1 Å². The molecule has 0 atom stereocenters. The van der Waals surface area contributed by atoms with Crippen LogP contribution in [0.3, 0.4) is 0 Å². The number of fused-ring (bicyclic) bond motifs is 3. The smallest absolute Gasteiger partial charge is 0.146 e. The Balaban J connectivity index is 2.56. The summed E-state index contributed by atoms with van der Waals surface area (Å²) >= 11 is 3.30. The Morgan fingerprint density at radius 1 is 1.27 bits per heavy atom. The molecule has 0 aliphatic carbocycles. The van der Waals surface area contributed by atoms with Gasteiger partial charge in [0.15, 0.2) is 0 Å². The van der Waals surface area contributed by atoms with Gasteiger partial charge < -0.3 is 4.40 Å². The van der Waals surface area contributed by atoms with Crippen molar-refractivity contribution >= 4 is 32.3 Å².